The van der Waals surface area contributed by atoms with Crippen molar-refractivity contribution in [2.24, 2.45) is 0 Å². The predicted octanol–water partition coefficient (Wildman–Crippen LogP) is 3.78. The van der Waals surface area contributed by atoms with Gasteiger partial charge in [-0.05, 0) is 32.0 Å². The van der Waals surface area contributed by atoms with Gasteiger partial charge in [0.1, 0.15) is 5.69 Å². The molecule has 0 aliphatic rings. The number of nitrogens with zero attached hydrogens (tertiary/aromatic N) is 2. The molecule has 2 aromatic heterocycles. The molecule has 2 rings (SSSR count). The van der Waals surface area contributed by atoms with Crippen LogP contribution in [-0.4, -0.2) is 4.57 Å². The van der Waals surface area contributed by atoms with Gasteiger partial charge in [0.15, 0.2) is 11.7 Å². The minimum atomic E-state index is 0.0860. The lowest BCUT2D eigenvalue weighted by Gasteiger charge is -2.18. The third-order valence-corrected chi connectivity index (χ3v) is 3.18. The summed E-state index contributed by atoms with van der Waals surface area (Å²) in [6.45, 7) is 11.1. The topological polar surface area (TPSA) is 8.81 Å². The standard InChI is InChI=1S/C16H23N2/c1-13(2)17-11-8-10-14(17)15-9-6-7-12-18(15)16(3,4)5/h6-13H,1-5H3/q+1. The molecule has 0 fully saturated rings. The first kappa shape index (κ1) is 12.9. The van der Waals surface area contributed by atoms with Crippen molar-refractivity contribution in [3.05, 3.63) is 42.7 Å². The lowest BCUT2D eigenvalue weighted by Crippen LogP contribution is -2.51. The van der Waals surface area contributed by atoms with Gasteiger partial charge in [0.2, 0.25) is 5.69 Å². The normalized spacial score (nSPS) is 12.1. The fourth-order valence-corrected chi connectivity index (χ4v) is 2.30. The monoisotopic (exact) mass is 243 g/mol. The second-order valence-electron chi connectivity index (χ2n) is 6.02. The minimum absolute atomic E-state index is 0.0860. The quantitative estimate of drug-likeness (QED) is 0.710. The lowest BCUT2D eigenvalue weighted by atomic mass is 10.1. The Labute approximate surface area is 110 Å². The largest absolute Gasteiger partial charge is 0.340 e. The molecular weight excluding hydrogens is 220 g/mol. The van der Waals surface area contributed by atoms with Gasteiger partial charge in [0.25, 0.3) is 0 Å². The zero-order valence-corrected chi connectivity index (χ0v) is 12.0. The Morgan fingerprint density at radius 2 is 1.78 bits per heavy atom. The van der Waals surface area contributed by atoms with Crippen LogP contribution in [0.4, 0.5) is 0 Å². The van der Waals surface area contributed by atoms with Crippen LogP contribution in [0, 0.1) is 0 Å². The van der Waals surface area contributed by atoms with Crippen molar-refractivity contribution in [1.29, 1.82) is 0 Å². The average Bonchev–Trinajstić information content (AvgIpc) is 2.76. The number of hydrogen-bond donors (Lipinski definition) is 0. The van der Waals surface area contributed by atoms with Gasteiger partial charge in [-0.25, -0.2) is 0 Å². The predicted molar refractivity (Wildman–Crippen MR) is 75.4 cm³/mol. The Bertz CT molecular complexity index is 530. The average molecular weight is 243 g/mol. The number of pyridine rings is 1. The summed E-state index contributed by atoms with van der Waals surface area (Å²) in [6, 6.07) is 11.2. The maximum atomic E-state index is 2.33. The second-order valence-corrected chi connectivity index (χ2v) is 6.02. The summed E-state index contributed by atoms with van der Waals surface area (Å²) in [5, 5.41) is 0. The molecule has 0 N–H and O–H groups in total. The maximum absolute atomic E-state index is 2.33. The van der Waals surface area contributed by atoms with Gasteiger partial charge in [0.05, 0.1) is 0 Å². The summed E-state index contributed by atoms with van der Waals surface area (Å²) >= 11 is 0. The zero-order chi connectivity index (χ0) is 13.3. The summed E-state index contributed by atoms with van der Waals surface area (Å²) in [7, 11) is 0. The van der Waals surface area contributed by atoms with Crippen molar-refractivity contribution < 1.29 is 4.57 Å². The maximum Gasteiger partial charge on any atom is 0.229 e. The van der Waals surface area contributed by atoms with Gasteiger partial charge in [-0.1, -0.05) is 0 Å². The molecule has 0 atom stereocenters. The molecule has 96 valence electrons. The summed E-state index contributed by atoms with van der Waals surface area (Å²) in [6.07, 6.45) is 4.31. The molecule has 0 saturated heterocycles. The van der Waals surface area contributed by atoms with Crippen molar-refractivity contribution >= 4 is 0 Å². The van der Waals surface area contributed by atoms with E-state index in [1.165, 1.54) is 11.4 Å². The zero-order valence-electron chi connectivity index (χ0n) is 12.0. The van der Waals surface area contributed by atoms with E-state index in [4.69, 9.17) is 0 Å². The highest BCUT2D eigenvalue weighted by atomic mass is 15.1. The van der Waals surface area contributed by atoms with Gasteiger partial charge >= 0.3 is 0 Å². The van der Waals surface area contributed by atoms with Crippen molar-refractivity contribution in [3.63, 3.8) is 0 Å². The molecule has 2 heteroatoms. The van der Waals surface area contributed by atoms with Gasteiger partial charge in [-0.15, -0.1) is 0 Å². The van der Waals surface area contributed by atoms with Crippen molar-refractivity contribution in [3.8, 4) is 11.4 Å². The van der Waals surface area contributed by atoms with Crippen LogP contribution in [0.1, 0.15) is 40.7 Å². The van der Waals surface area contributed by atoms with Gasteiger partial charge < -0.3 is 4.57 Å². The van der Waals surface area contributed by atoms with Crippen LogP contribution < -0.4 is 4.57 Å². The Morgan fingerprint density at radius 3 is 2.39 bits per heavy atom. The molecule has 2 heterocycles. The molecule has 0 spiro atoms. The van der Waals surface area contributed by atoms with Crippen LogP contribution in [0.15, 0.2) is 42.7 Å². The molecule has 2 aromatic rings. The van der Waals surface area contributed by atoms with E-state index < -0.39 is 0 Å². The molecular formula is C16H23N2+. The van der Waals surface area contributed by atoms with Crippen LogP contribution >= 0.6 is 0 Å². The molecule has 0 unspecified atom stereocenters. The third kappa shape index (κ3) is 2.33. The lowest BCUT2D eigenvalue weighted by molar-refractivity contribution is -0.744. The summed E-state index contributed by atoms with van der Waals surface area (Å²) < 4.78 is 4.65. The summed E-state index contributed by atoms with van der Waals surface area (Å²) in [4.78, 5) is 0. The molecule has 0 aromatic carbocycles. The molecule has 0 saturated carbocycles. The Hall–Kier alpha value is -1.57. The highest BCUT2D eigenvalue weighted by Gasteiger charge is 2.27. The first-order valence-electron chi connectivity index (χ1n) is 6.59. The Morgan fingerprint density at radius 1 is 1.06 bits per heavy atom. The minimum Gasteiger partial charge on any atom is -0.340 e. The molecule has 0 amide bonds. The fourth-order valence-electron chi connectivity index (χ4n) is 2.30. The smallest absolute Gasteiger partial charge is 0.229 e. The first-order chi connectivity index (χ1) is 8.41. The molecule has 0 radical (unpaired) electrons. The fraction of sp³-hybridized carbons (Fsp3) is 0.438. The van der Waals surface area contributed by atoms with E-state index in [2.05, 4.69) is 86.5 Å². The van der Waals surface area contributed by atoms with Gasteiger partial charge in [-0.3, -0.25) is 0 Å². The van der Waals surface area contributed by atoms with Gasteiger partial charge in [-0.2, -0.15) is 4.57 Å². The first-order valence-corrected chi connectivity index (χ1v) is 6.59. The molecule has 0 aliphatic carbocycles. The number of aromatic nitrogens is 2. The van der Waals surface area contributed by atoms with Crippen LogP contribution in [0.25, 0.3) is 11.4 Å². The van der Waals surface area contributed by atoms with Gasteiger partial charge in [0, 0.05) is 45.1 Å². The highest BCUT2D eigenvalue weighted by molar-refractivity contribution is 5.52. The second kappa shape index (κ2) is 4.60. The van der Waals surface area contributed by atoms with Crippen LogP contribution in [0.5, 0.6) is 0 Å². The Kier molecular flexibility index (Phi) is 3.29. The summed E-state index contributed by atoms with van der Waals surface area (Å²) in [5.74, 6) is 0. The molecule has 0 bridgehead atoms. The van der Waals surface area contributed by atoms with E-state index in [-0.39, 0.29) is 5.54 Å². The number of hydrogen-bond acceptors (Lipinski definition) is 0. The summed E-state index contributed by atoms with van der Waals surface area (Å²) in [5.41, 5.74) is 2.63. The molecule has 0 aliphatic heterocycles. The van der Waals surface area contributed by atoms with Crippen LogP contribution in [0.3, 0.4) is 0 Å². The van der Waals surface area contributed by atoms with E-state index in [0.717, 1.165) is 0 Å². The van der Waals surface area contributed by atoms with E-state index >= 15 is 0 Å². The SMILES string of the molecule is CC(C)n1cccc1-c1cccc[n+]1C(C)(C)C. The van der Waals surface area contributed by atoms with E-state index in [0.29, 0.717) is 6.04 Å². The highest BCUT2D eigenvalue weighted by Crippen LogP contribution is 2.22. The third-order valence-electron chi connectivity index (χ3n) is 3.18. The van der Waals surface area contributed by atoms with Crippen molar-refractivity contribution in [2.45, 2.75) is 46.2 Å². The van der Waals surface area contributed by atoms with E-state index in [9.17, 15) is 0 Å². The van der Waals surface area contributed by atoms with E-state index in [1.54, 1.807) is 0 Å². The van der Waals surface area contributed by atoms with Crippen molar-refractivity contribution in [2.75, 3.05) is 0 Å². The van der Waals surface area contributed by atoms with Crippen molar-refractivity contribution in [1.82, 2.24) is 4.57 Å². The molecule has 18 heavy (non-hydrogen) atoms. The van der Waals surface area contributed by atoms with E-state index in [1.807, 2.05) is 0 Å². The van der Waals surface area contributed by atoms with Crippen LogP contribution in [0.2, 0.25) is 0 Å². The Balaban J connectivity index is 2.61. The van der Waals surface area contributed by atoms with Crippen LogP contribution in [-0.2, 0) is 5.54 Å². The number of rotatable bonds is 2. The molecule has 2 nitrogen and oxygen atoms in total.